The lowest BCUT2D eigenvalue weighted by Gasteiger charge is -2.21. The summed E-state index contributed by atoms with van der Waals surface area (Å²) in [4.78, 5) is 55.7. The molecule has 2 rings (SSSR count). The zero-order chi connectivity index (χ0) is 42.9. The lowest BCUT2D eigenvalue weighted by atomic mass is 9.89. The Morgan fingerprint density at radius 3 is 1.19 bits per heavy atom. The van der Waals surface area contributed by atoms with Crippen LogP contribution in [-0.4, -0.2) is 50.3 Å². The monoisotopic (exact) mass is 807 g/mol. The molecule has 0 heterocycles. The van der Waals surface area contributed by atoms with Crippen molar-refractivity contribution in [1.29, 1.82) is 0 Å². The molecule has 8 heteroatoms. The first-order chi connectivity index (χ1) is 28.1. The molecule has 58 heavy (non-hydrogen) atoms. The maximum atomic E-state index is 14.2. The van der Waals surface area contributed by atoms with Crippen LogP contribution in [0, 0.1) is 23.7 Å². The van der Waals surface area contributed by atoms with Crippen molar-refractivity contribution >= 4 is 23.9 Å². The van der Waals surface area contributed by atoms with Crippen LogP contribution >= 0.6 is 0 Å². The van der Waals surface area contributed by atoms with E-state index in [2.05, 4.69) is 55.4 Å². The van der Waals surface area contributed by atoms with Crippen molar-refractivity contribution in [3.63, 3.8) is 0 Å². The summed E-state index contributed by atoms with van der Waals surface area (Å²) >= 11 is 0. The largest absolute Gasteiger partial charge is 0.462 e. The Kier molecular flexibility index (Phi) is 25.0. The number of benzene rings is 2. The molecule has 0 N–H and O–H groups in total. The smallest absolute Gasteiger partial charge is 0.339 e. The minimum absolute atomic E-state index is 0.114. The Labute approximate surface area is 351 Å². The third-order valence-electron chi connectivity index (χ3n) is 11.8. The number of ether oxygens (including phenoxy) is 4. The zero-order valence-corrected chi connectivity index (χ0v) is 37.8. The molecule has 0 amide bonds. The molecule has 4 unspecified atom stereocenters. The topological polar surface area (TPSA) is 105 Å². The van der Waals surface area contributed by atoms with E-state index in [9.17, 15) is 19.2 Å². The average Bonchev–Trinajstić information content (AvgIpc) is 3.25. The lowest BCUT2D eigenvalue weighted by molar-refractivity contribution is 0.0380. The van der Waals surface area contributed by atoms with E-state index in [-0.39, 0.29) is 72.4 Å². The molecule has 8 nitrogen and oxygen atoms in total. The molecule has 0 aliphatic rings. The van der Waals surface area contributed by atoms with Crippen LogP contribution in [0.1, 0.15) is 212 Å². The average molecular weight is 807 g/mol. The van der Waals surface area contributed by atoms with Crippen LogP contribution in [0.3, 0.4) is 0 Å². The first-order valence-electron chi connectivity index (χ1n) is 23.1. The van der Waals surface area contributed by atoms with E-state index in [1.54, 1.807) is 30.3 Å². The van der Waals surface area contributed by atoms with Gasteiger partial charge >= 0.3 is 23.9 Å². The Morgan fingerprint density at radius 2 is 0.810 bits per heavy atom. The van der Waals surface area contributed by atoms with Crippen LogP contribution in [0.2, 0.25) is 0 Å². The van der Waals surface area contributed by atoms with E-state index in [0.29, 0.717) is 23.1 Å². The molecule has 0 aliphatic heterocycles. The van der Waals surface area contributed by atoms with Crippen molar-refractivity contribution in [3.8, 4) is 11.1 Å². The number of rotatable bonds is 30. The second-order valence-electron chi connectivity index (χ2n) is 16.2. The maximum absolute atomic E-state index is 14.2. The molecule has 4 atom stereocenters. The second kappa shape index (κ2) is 28.7. The van der Waals surface area contributed by atoms with Gasteiger partial charge in [-0.25, -0.2) is 19.2 Å². The Bertz CT molecular complexity index is 1530. The summed E-state index contributed by atoms with van der Waals surface area (Å²) in [6.45, 7) is 20.0. The number of carbonyl (C=O) groups excluding carboxylic acids is 4. The number of hydrogen-bond acceptors (Lipinski definition) is 8. The van der Waals surface area contributed by atoms with E-state index < -0.39 is 23.9 Å². The van der Waals surface area contributed by atoms with Crippen molar-refractivity contribution in [1.82, 2.24) is 0 Å². The van der Waals surface area contributed by atoms with E-state index in [0.717, 1.165) is 103 Å². The molecule has 0 aromatic heterocycles. The minimum Gasteiger partial charge on any atom is -0.462 e. The van der Waals surface area contributed by atoms with Gasteiger partial charge in [-0.05, 0) is 90.7 Å². The van der Waals surface area contributed by atoms with E-state index in [4.69, 9.17) is 18.9 Å². The third-order valence-corrected chi connectivity index (χ3v) is 11.8. The van der Waals surface area contributed by atoms with Gasteiger partial charge in [0.2, 0.25) is 0 Å². The van der Waals surface area contributed by atoms with Gasteiger partial charge in [0.05, 0.1) is 48.7 Å². The first-order valence-corrected chi connectivity index (χ1v) is 23.1. The number of hydrogen-bond donors (Lipinski definition) is 0. The fourth-order valence-electron chi connectivity index (χ4n) is 7.42. The predicted octanol–water partition coefficient (Wildman–Crippen LogP) is 13.4. The molecule has 326 valence electrons. The van der Waals surface area contributed by atoms with Gasteiger partial charge in [-0.3, -0.25) is 0 Å². The van der Waals surface area contributed by atoms with Gasteiger partial charge in [-0.1, -0.05) is 151 Å². The van der Waals surface area contributed by atoms with Crippen LogP contribution in [0.25, 0.3) is 11.1 Å². The summed E-state index contributed by atoms with van der Waals surface area (Å²) in [5, 5.41) is 0. The van der Waals surface area contributed by atoms with E-state index in [1.807, 2.05) is 6.92 Å². The van der Waals surface area contributed by atoms with Crippen LogP contribution in [0.4, 0.5) is 0 Å². The van der Waals surface area contributed by atoms with Crippen molar-refractivity contribution in [3.05, 3.63) is 58.1 Å². The quantitative estimate of drug-likeness (QED) is 0.0567. The molecule has 2 aromatic carbocycles. The molecule has 0 spiro atoms. The highest BCUT2D eigenvalue weighted by molar-refractivity contribution is 6.07. The summed E-state index contributed by atoms with van der Waals surface area (Å²) in [5.74, 6) is -1.38. The fraction of sp³-hybridized carbons (Fsp3) is 0.680. The van der Waals surface area contributed by atoms with Crippen LogP contribution in [0.15, 0.2) is 30.3 Å². The fourth-order valence-corrected chi connectivity index (χ4v) is 7.42. The SMILES string of the molecule is CCCCC(CC)COC(=O)c1ccc(-c2ccc(C(=O)OCC(CC)CCCC)c(C(=O)OCC(CC)CCCC)c2CC)cc1C(=O)OCC(CC)CCCC. The van der Waals surface area contributed by atoms with Crippen LogP contribution in [0.5, 0.6) is 0 Å². The summed E-state index contributed by atoms with van der Waals surface area (Å²) in [5.41, 5.74) is 2.50. The van der Waals surface area contributed by atoms with Gasteiger partial charge in [-0.15, -0.1) is 0 Å². The van der Waals surface area contributed by atoms with Crippen LogP contribution in [-0.2, 0) is 25.4 Å². The molecule has 0 radical (unpaired) electrons. The van der Waals surface area contributed by atoms with Crippen molar-refractivity contribution in [2.45, 2.75) is 171 Å². The van der Waals surface area contributed by atoms with Crippen LogP contribution < -0.4 is 0 Å². The molecule has 0 bridgehead atoms. The lowest BCUT2D eigenvalue weighted by Crippen LogP contribution is -2.21. The summed E-state index contributed by atoms with van der Waals surface area (Å²) in [6, 6.07) is 8.50. The highest BCUT2D eigenvalue weighted by Crippen LogP contribution is 2.33. The highest BCUT2D eigenvalue weighted by Gasteiger charge is 2.28. The summed E-state index contributed by atoms with van der Waals surface area (Å²) in [7, 11) is 0. The second-order valence-corrected chi connectivity index (χ2v) is 16.2. The maximum Gasteiger partial charge on any atom is 0.339 e. The molecule has 0 aliphatic carbocycles. The summed E-state index contributed by atoms with van der Waals surface area (Å²) in [6.07, 6.45) is 16.2. The normalized spacial score (nSPS) is 13.3. The Morgan fingerprint density at radius 1 is 0.448 bits per heavy atom. The molecular formula is C50H78O8. The highest BCUT2D eigenvalue weighted by atomic mass is 16.5. The Hall–Kier alpha value is -3.68. The molecule has 0 fully saturated rings. The molecule has 0 saturated carbocycles. The molecule has 0 saturated heterocycles. The van der Waals surface area contributed by atoms with Gasteiger partial charge in [-0.2, -0.15) is 0 Å². The standard InChI is InChI=1S/C50H78O8/c1-10-19-23-36(14-5)32-55-47(51)43-28-27-40(31-45(43)49(53)57-34-38(16-7)25-21-12-3)42-29-30-44(48(52)56-33-37(15-6)24-20-11-2)46(41(42)18-9)50(54)58-35-39(17-8)26-22-13-4/h27-31,36-39H,10-26,32-35H2,1-9H3. The van der Waals surface area contributed by atoms with Gasteiger partial charge in [0.1, 0.15) is 0 Å². The van der Waals surface area contributed by atoms with E-state index in [1.165, 1.54) is 0 Å². The van der Waals surface area contributed by atoms with E-state index >= 15 is 0 Å². The number of carbonyl (C=O) groups is 4. The number of esters is 4. The first kappa shape index (κ1) is 50.5. The number of unbranched alkanes of at least 4 members (excludes halogenated alkanes) is 4. The van der Waals surface area contributed by atoms with Crippen molar-refractivity contribution in [2.75, 3.05) is 26.4 Å². The molecule has 2 aromatic rings. The summed E-state index contributed by atoms with van der Waals surface area (Å²) < 4.78 is 23.7. The Balaban J connectivity index is 2.70. The van der Waals surface area contributed by atoms with Gasteiger partial charge in [0.25, 0.3) is 0 Å². The third kappa shape index (κ3) is 16.2. The predicted molar refractivity (Wildman–Crippen MR) is 236 cm³/mol. The van der Waals surface area contributed by atoms with Gasteiger partial charge < -0.3 is 18.9 Å². The molecular weight excluding hydrogens is 729 g/mol. The zero-order valence-electron chi connectivity index (χ0n) is 37.8. The van der Waals surface area contributed by atoms with Crippen molar-refractivity contribution < 1.29 is 38.1 Å². The van der Waals surface area contributed by atoms with Gasteiger partial charge in [0.15, 0.2) is 0 Å². The minimum atomic E-state index is -0.592. The van der Waals surface area contributed by atoms with Crippen molar-refractivity contribution in [2.24, 2.45) is 23.7 Å². The van der Waals surface area contributed by atoms with Gasteiger partial charge in [0, 0.05) is 0 Å².